The first-order chi connectivity index (χ1) is 8.08. The van der Waals surface area contributed by atoms with Gasteiger partial charge in [0.05, 0.1) is 10.7 Å². The van der Waals surface area contributed by atoms with Crippen LogP contribution in [-0.4, -0.2) is 17.0 Å². The van der Waals surface area contributed by atoms with E-state index in [-0.39, 0.29) is 22.2 Å². The summed E-state index contributed by atoms with van der Waals surface area (Å²) in [5.74, 6) is -0.836. The molecular weight excluding hydrogens is 242 g/mol. The second kappa shape index (κ2) is 4.75. The van der Waals surface area contributed by atoms with Crippen LogP contribution in [0, 0.1) is 5.92 Å². The van der Waals surface area contributed by atoms with E-state index in [1.54, 1.807) is 12.1 Å². The van der Waals surface area contributed by atoms with Crippen molar-refractivity contribution in [2.45, 2.75) is 19.3 Å². The number of carboxylic acid groups (broad SMARTS) is 1. The smallest absolute Gasteiger partial charge is 0.339 e. The Labute approximate surface area is 104 Å². The number of halogens is 1. The van der Waals surface area contributed by atoms with Crippen LogP contribution < -0.4 is 5.32 Å². The van der Waals surface area contributed by atoms with Gasteiger partial charge < -0.3 is 10.4 Å². The van der Waals surface area contributed by atoms with Crippen molar-refractivity contribution in [3.05, 3.63) is 28.8 Å². The zero-order chi connectivity index (χ0) is 12.4. The first-order valence-electron chi connectivity index (χ1n) is 5.39. The van der Waals surface area contributed by atoms with Crippen LogP contribution in [0.4, 0.5) is 5.69 Å². The van der Waals surface area contributed by atoms with Gasteiger partial charge in [0, 0.05) is 6.42 Å². The Bertz CT molecular complexity index is 469. The molecule has 0 aromatic heterocycles. The number of nitrogens with one attached hydrogen (secondary N) is 1. The van der Waals surface area contributed by atoms with Crippen LogP contribution in [0.15, 0.2) is 18.2 Å². The summed E-state index contributed by atoms with van der Waals surface area (Å²) in [6.45, 7) is 0. The fraction of sp³-hybridized carbons (Fsp3) is 0.333. The molecule has 0 saturated heterocycles. The van der Waals surface area contributed by atoms with Crippen molar-refractivity contribution < 1.29 is 14.7 Å². The van der Waals surface area contributed by atoms with Gasteiger partial charge in [0.2, 0.25) is 5.91 Å². The molecule has 0 atom stereocenters. The average Bonchev–Trinajstić information content (AvgIpc) is 3.00. The third-order valence-electron chi connectivity index (χ3n) is 2.67. The number of benzene rings is 1. The van der Waals surface area contributed by atoms with E-state index in [2.05, 4.69) is 5.32 Å². The van der Waals surface area contributed by atoms with Gasteiger partial charge in [-0.1, -0.05) is 17.7 Å². The fourth-order valence-corrected chi connectivity index (χ4v) is 1.89. The molecule has 2 N–H and O–H groups in total. The molecule has 17 heavy (non-hydrogen) atoms. The number of carboxylic acids is 1. The van der Waals surface area contributed by atoms with Gasteiger partial charge in [-0.3, -0.25) is 4.79 Å². The Kier molecular flexibility index (Phi) is 3.33. The number of carbonyl (C=O) groups excluding carboxylic acids is 1. The molecule has 0 aliphatic heterocycles. The van der Waals surface area contributed by atoms with Gasteiger partial charge in [0.15, 0.2) is 0 Å². The summed E-state index contributed by atoms with van der Waals surface area (Å²) in [5, 5.41) is 11.7. The average molecular weight is 254 g/mol. The molecule has 1 aromatic carbocycles. The van der Waals surface area contributed by atoms with Gasteiger partial charge >= 0.3 is 5.97 Å². The maximum atomic E-state index is 11.6. The molecular formula is C12H12ClNO3. The van der Waals surface area contributed by atoms with Crippen LogP contribution in [0.25, 0.3) is 0 Å². The summed E-state index contributed by atoms with van der Waals surface area (Å²) >= 11 is 5.79. The molecule has 0 radical (unpaired) electrons. The van der Waals surface area contributed by atoms with Crippen LogP contribution in [0.2, 0.25) is 5.02 Å². The molecule has 1 amide bonds. The van der Waals surface area contributed by atoms with Crippen molar-refractivity contribution in [1.82, 2.24) is 0 Å². The second-order valence-electron chi connectivity index (χ2n) is 4.16. The number of amides is 1. The van der Waals surface area contributed by atoms with Gasteiger partial charge in [0.1, 0.15) is 5.56 Å². The Morgan fingerprint density at radius 2 is 2.12 bits per heavy atom. The van der Waals surface area contributed by atoms with E-state index >= 15 is 0 Å². The number of rotatable bonds is 4. The Morgan fingerprint density at radius 3 is 2.71 bits per heavy atom. The largest absolute Gasteiger partial charge is 0.478 e. The molecule has 1 aliphatic rings. The molecule has 1 fully saturated rings. The molecule has 0 bridgehead atoms. The van der Waals surface area contributed by atoms with E-state index in [0.29, 0.717) is 12.3 Å². The minimum atomic E-state index is -1.14. The van der Waals surface area contributed by atoms with Crippen LogP contribution in [-0.2, 0) is 4.79 Å². The van der Waals surface area contributed by atoms with Crippen LogP contribution in [0.5, 0.6) is 0 Å². The zero-order valence-electron chi connectivity index (χ0n) is 9.07. The summed E-state index contributed by atoms with van der Waals surface area (Å²) in [4.78, 5) is 22.6. The Balaban J connectivity index is 2.16. The van der Waals surface area contributed by atoms with Crippen molar-refractivity contribution in [3.8, 4) is 0 Å². The van der Waals surface area contributed by atoms with E-state index in [0.717, 1.165) is 12.8 Å². The van der Waals surface area contributed by atoms with Gasteiger partial charge in [-0.2, -0.15) is 0 Å². The van der Waals surface area contributed by atoms with Gasteiger partial charge in [0.25, 0.3) is 0 Å². The van der Waals surface area contributed by atoms with Crippen molar-refractivity contribution in [2.75, 3.05) is 5.32 Å². The lowest BCUT2D eigenvalue weighted by atomic mass is 10.1. The Morgan fingerprint density at radius 1 is 1.41 bits per heavy atom. The number of anilines is 1. The minimum absolute atomic E-state index is 0.0571. The summed E-state index contributed by atoms with van der Waals surface area (Å²) < 4.78 is 0. The third kappa shape index (κ3) is 2.97. The van der Waals surface area contributed by atoms with E-state index in [1.165, 1.54) is 6.07 Å². The summed E-state index contributed by atoms with van der Waals surface area (Å²) in [5.41, 5.74) is 0.203. The van der Waals surface area contributed by atoms with E-state index in [1.807, 2.05) is 0 Å². The molecule has 5 heteroatoms. The monoisotopic (exact) mass is 253 g/mol. The number of hydrogen-bond acceptors (Lipinski definition) is 2. The predicted molar refractivity (Wildman–Crippen MR) is 64.4 cm³/mol. The van der Waals surface area contributed by atoms with Gasteiger partial charge in [-0.25, -0.2) is 4.79 Å². The first kappa shape index (κ1) is 11.9. The minimum Gasteiger partial charge on any atom is -0.478 e. The van der Waals surface area contributed by atoms with Crippen LogP contribution >= 0.6 is 11.6 Å². The quantitative estimate of drug-likeness (QED) is 0.867. The predicted octanol–water partition coefficient (Wildman–Crippen LogP) is 2.78. The number of hydrogen-bond donors (Lipinski definition) is 2. The number of carbonyl (C=O) groups is 2. The van der Waals surface area contributed by atoms with Crippen molar-refractivity contribution in [1.29, 1.82) is 0 Å². The van der Waals surface area contributed by atoms with Crippen molar-refractivity contribution >= 4 is 29.2 Å². The standard InChI is InChI=1S/C12H12ClNO3/c13-8-2-1-3-9(11(8)12(16)17)14-10(15)6-7-4-5-7/h1-3,7H,4-6H2,(H,14,15)(H,16,17). The third-order valence-corrected chi connectivity index (χ3v) is 2.99. The highest BCUT2D eigenvalue weighted by Crippen LogP contribution is 2.33. The van der Waals surface area contributed by atoms with Crippen LogP contribution in [0.1, 0.15) is 29.6 Å². The maximum Gasteiger partial charge on any atom is 0.339 e. The topological polar surface area (TPSA) is 66.4 Å². The summed E-state index contributed by atoms with van der Waals surface area (Å²) in [6, 6.07) is 4.64. The molecule has 0 spiro atoms. The van der Waals surface area contributed by atoms with Crippen LogP contribution in [0.3, 0.4) is 0 Å². The molecule has 0 heterocycles. The maximum absolute atomic E-state index is 11.6. The molecule has 1 aliphatic carbocycles. The van der Waals surface area contributed by atoms with Gasteiger partial charge in [-0.15, -0.1) is 0 Å². The highest BCUT2D eigenvalue weighted by Gasteiger charge is 2.25. The summed E-state index contributed by atoms with van der Waals surface area (Å²) in [6.07, 6.45) is 2.61. The van der Waals surface area contributed by atoms with Crippen molar-refractivity contribution in [2.24, 2.45) is 5.92 Å². The van der Waals surface area contributed by atoms with E-state index in [9.17, 15) is 9.59 Å². The molecule has 1 aromatic rings. The normalized spacial score (nSPS) is 14.4. The highest BCUT2D eigenvalue weighted by molar-refractivity contribution is 6.34. The lowest BCUT2D eigenvalue weighted by molar-refractivity contribution is -0.116. The molecule has 90 valence electrons. The lowest BCUT2D eigenvalue weighted by Crippen LogP contribution is -2.15. The molecule has 1 saturated carbocycles. The highest BCUT2D eigenvalue weighted by atomic mass is 35.5. The zero-order valence-corrected chi connectivity index (χ0v) is 9.83. The fourth-order valence-electron chi connectivity index (χ4n) is 1.63. The molecule has 0 unspecified atom stereocenters. The van der Waals surface area contributed by atoms with E-state index in [4.69, 9.17) is 16.7 Å². The van der Waals surface area contributed by atoms with Crippen molar-refractivity contribution in [3.63, 3.8) is 0 Å². The number of aromatic carboxylic acids is 1. The SMILES string of the molecule is O=C(CC1CC1)Nc1cccc(Cl)c1C(=O)O. The van der Waals surface area contributed by atoms with E-state index < -0.39 is 5.97 Å². The lowest BCUT2D eigenvalue weighted by Gasteiger charge is -2.09. The second-order valence-corrected chi connectivity index (χ2v) is 4.57. The first-order valence-corrected chi connectivity index (χ1v) is 5.77. The summed E-state index contributed by atoms with van der Waals surface area (Å²) in [7, 11) is 0. The Hall–Kier alpha value is -1.55. The molecule has 4 nitrogen and oxygen atoms in total. The molecule has 2 rings (SSSR count). The van der Waals surface area contributed by atoms with Gasteiger partial charge in [-0.05, 0) is 30.9 Å².